The predicted octanol–water partition coefficient (Wildman–Crippen LogP) is 2.27. The summed E-state index contributed by atoms with van der Waals surface area (Å²) in [6, 6.07) is 8.21. The van der Waals surface area contributed by atoms with Crippen LogP contribution in [-0.2, 0) is 0 Å². The lowest BCUT2D eigenvalue weighted by Crippen LogP contribution is -2.31. The van der Waals surface area contributed by atoms with Gasteiger partial charge < -0.3 is 20.5 Å². The molecule has 1 heterocycles. The molecule has 1 aromatic carbocycles. The van der Waals surface area contributed by atoms with Crippen LogP contribution >= 0.6 is 0 Å². The number of nitrogens with zero attached hydrogens (tertiary/aromatic N) is 1. The number of likely N-dealkylation sites (tertiary alicyclic amines) is 1. The number of aliphatic hydroxyl groups is 1. The van der Waals surface area contributed by atoms with E-state index in [2.05, 4.69) is 4.90 Å². The Morgan fingerprint density at radius 3 is 2.80 bits per heavy atom. The Balaban J connectivity index is 1.63. The van der Waals surface area contributed by atoms with Gasteiger partial charge in [0.25, 0.3) is 0 Å². The smallest absolute Gasteiger partial charge is 0.119 e. The summed E-state index contributed by atoms with van der Waals surface area (Å²) in [5.74, 6) is 0.887. The molecular weight excluding hydrogens is 252 g/mol. The van der Waals surface area contributed by atoms with E-state index in [0.29, 0.717) is 12.6 Å². The number of nitrogens with two attached hydrogens (primary N) is 1. The minimum Gasteiger partial charge on any atom is -0.494 e. The molecule has 1 unspecified atom stereocenters. The molecule has 4 nitrogen and oxygen atoms in total. The van der Waals surface area contributed by atoms with Crippen LogP contribution in [0, 0.1) is 0 Å². The topological polar surface area (TPSA) is 58.7 Å². The van der Waals surface area contributed by atoms with Crippen molar-refractivity contribution in [2.75, 3.05) is 32.0 Å². The van der Waals surface area contributed by atoms with Crippen molar-refractivity contribution in [1.29, 1.82) is 0 Å². The second-order valence-corrected chi connectivity index (χ2v) is 5.47. The maximum atomic E-state index is 8.93. The number of aliphatic hydroxyl groups excluding tert-OH is 1. The Kier molecular flexibility index (Phi) is 6.15. The molecule has 112 valence electrons. The fourth-order valence-electron chi connectivity index (χ4n) is 2.87. The predicted molar refractivity (Wildman–Crippen MR) is 81.9 cm³/mol. The third-order valence-corrected chi connectivity index (χ3v) is 3.93. The molecule has 3 N–H and O–H groups in total. The highest BCUT2D eigenvalue weighted by Crippen LogP contribution is 2.21. The van der Waals surface area contributed by atoms with Gasteiger partial charge >= 0.3 is 0 Å². The molecule has 0 spiro atoms. The second kappa shape index (κ2) is 8.12. The summed E-state index contributed by atoms with van der Waals surface area (Å²) >= 11 is 0. The molecule has 1 aliphatic rings. The fraction of sp³-hybridized carbons (Fsp3) is 0.625. The molecule has 0 aromatic heterocycles. The first-order valence-electron chi connectivity index (χ1n) is 7.63. The molecule has 1 atom stereocenters. The van der Waals surface area contributed by atoms with Crippen LogP contribution in [0.25, 0.3) is 0 Å². The highest BCUT2D eigenvalue weighted by Gasteiger charge is 2.23. The molecule has 1 aromatic rings. The summed E-state index contributed by atoms with van der Waals surface area (Å²) < 4.78 is 5.71. The van der Waals surface area contributed by atoms with Crippen LogP contribution in [-0.4, -0.2) is 42.4 Å². The van der Waals surface area contributed by atoms with Crippen molar-refractivity contribution in [2.24, 2.45) is 0 Å². The number of ether oxygens (including phenoxy) is 1. The summed E-state index contributed by atoms with van der Waals surface area (Å²) in [5, 5.41) is 8.93. The third-order valence-electron chi connectivity index (χ3n) is 3.93. The summed E-state index contributed by atoms with van der Waals surface area (Å²) in [5.41, 5.74) is 6.40. The van der Waals surface area contributed by atoms with E-state index in [-0.39, 0.29) is 0 Å². The van der Waals surface area contributed by atoms with E-state index in [1.54, 1.807) is 0 Å². The number of hydrogen-bond acceptors (Lipinski definition) is 4. The minimum absolute atomic E-state index is 0.310. The molecule has 4 heteroatoms. The van der Waals surface area contributed by atoms with Crippen LogP contribution in [0.15, 0.2) is 24.3 Å². The Labute approximate surface area is 121 Å². The lowest BCUT2D eigenvalue weighted by molar-refractivity contribution is 0.199. The van der Waals surface area contributed by atoms with Crippen LogP contribution in [0.5, 0.6) is 5.75 Å². The molecule has 1 aliphatic heterocycles. The average Bonchev–Trinajstić information content (AvgIpc) is 2.91. The van der Waals surface area contributed by atoms with Gasteiger partial charge in [-0.15, -0.1) is 0 Å². The van der Waals surface area contributed by atoms with Crippen molar-refractivity contribution < 1.29 is 9.84 Å². The second-order valence-electron chi connectivity index (χ2n) is 5.47. The van der Waals surface area contributed by atoms with Gasteiger partial charge in [0, 0.05) is 24.9 Å². The average molecular weight is 278 g/mol. The molecule has 0 bridgehead atoms. The molecule has 20 heavy (non-hydrogen) atoms. The minimum atomic E-state index is 0.310. The Bertz CT molecular complexity index is 381. The van der Waals surface area contributed by atoms with Gasteiger partial charge in [-0.2, -0.15) is 0 Å². The quantitative estimate of drug-likeness (QED) is 0.566. The Hall–Kier alpha value is -1.26. The number of anilines is 1. The SMILES string of the molecule is Nc1ccc(OCCCN2CCCC2CCCO)cc1. The van der Waals surface area contributed by atoms with Crippen molar-refractivity contribution in [2.45, 2.75) is 38.1 Å². The summed E-state index contributed by atoms with van der Waals surface area (Å²) in [6.07, 6.45) is 5.64. The van der Waals surface area contributed by atoms with Crippen molar-refractivity contribution in [1.82, 2.24) is 4.90 Å². The van der Waals surface area contributed by atoms with E-state index < -0.39 is 0 Å². The van der Waals surface area contributed by atoms with E-state index >= 15 is 0 Å². The van der Waals surface area contributed by atoms with E-state index in [0.717, 1.165) is 43.9 Å². The van der Waals surface area contributed by atoms with Crippen LogP contribution < -0.4 is 10.5 Å². The van der Waals surface area contributed by atoms with Gasteiger partial charge in [0.05, 0.1) is 6.61 Å². The summed E-state index contributed by atoms with van der Waals surface area (Å²) in [6.45, 7) is 3.33. The van der Waals surface area contributed by atoms with Gasteiger partial charge in [0.1, 0.15) is 5.75 Å². The highest BCUT2D eigenvalue weighted by atomic mass is 16.5. The van der Waals surface area contributed by atoms with E-state index in [9.17, 15) is 0 Å². The standard InChI is InChI=1S/C16H26N2O2/c17-14-6-8-16(9-7-14)20-13-3-11-18-10-1-4-15(18)5-2-12-19/h6-9,15,19H,1-5,10-13,17H2. The van der Waals surface area contributed by atoms with Gasteiger partial charge in [0.2, 0.25) is 0 Å². The zero-order chi connectivity index (χ0) is 14.2. The largest absolute Gasteiger partial charge is 0.494 e. The molecule has 1 fully saturated rings. The van der Waals surface area contributed by atoms with Crippen molar-refractivity contribution in [3.05, 3.63) is 24.3 Å². The van der Waals surface area contributed by atoms with Crippen molar-refractivity contribution in [3.8, 4) is 5.75 Å². The monoisotopic (exact) mass is 278 g/mol. The van der Waals surface area contributed by atoms with E-state index in [4.69, 9.17) is 15.6 Å². The van der Waals surface area contributed by atoms with Crippen LogP contribution in [0.3, 0.4) is 0 Å². The molecule has 1 saturated heterocycles. The number of hydrogen-bond donors (Lipinski definition) is 2. The Morgan fingerprint density at radius 2 is 2.05 bits per heavy atom. The highest BCUT2D eigenvalue weighted by molar-refractivity contribution is 5.41. The third kappa shape index (κ3) is 4.69. The number of rotatable bonds is 8. The van der Waals surface area contributed by atoms with Gasteiger partial charge in [-0.05, 0) is 62.9 Å². The van der Waals surface area contributed by atoms with E-state index in [1.807, 2.05) is 24.3 Å². The van der Waals surface area contributed by atoms with Crippen LogP contribution in [0.1, 0.15) is 32.1 Å². The maximum Gasteiger partial charge on any atom is 0.119 e. The number of benzene rings is 1. The first-order valence-corrected chi connectivity index (χ1v) is 7.63. The fourth-order valence-corrected chi connectivity index (χ4v) is 2.87. The van der Waals surface area contributed by atoms with Crippen LogP contribution in [0.4, 0.5) is 5.69 Å². The summed E-state index contributed by atoms with van der Waals surface area (Å²) in [7, 11) is 0. The molecule has 2 rings (SSSR count). The molecular formula is C16H26N2O2. The normalized spacial score (nSPS) is 19.4. The lowest BCUT2D eigenvalue weighted by atomic mass is 10.1. The maximum absolute atomic E-state index is 8.93. The van der Waals surface area contributed by atoms with Gasteiger partial charge in [0.15, 0.2) is 0 Å². The first kappa shape index (κ1) is 15.1. The molecule has 0 amide bonds. The number of nitrogen functional groups attached to an aromatic ring is 1. The molecule has 0 radical (unpaired) electrons. The first-order chi connectivity index (χ1) is 9.79. The Morgan fingerprint density at radius 1 is 1.25 bits per heavy atom. The van der Waals surface area contributed by atoms with Gasteiger partial charge in [-0.25, -0.2) is 0 Å². The lowest BCUT2D eigenvalue weighted by Gasteiger charge is -2.24. The van der Waals surface area contributed by atoms with E-state index in [1.165, 1.54) is 19.4 Å². The van der Waals surface area contributed by atoms with Gasteiger partial charge in [-0.3, -0.25) is 0 Å². The zero-order valence-corrected chi connectivity index (χ0v) is 12.1. The van der Waals surface area contributed by atoms with Crippen LogP contribution in [0.2, 0.25) is 0 Å². The summed E-state index contributed by atoms with van der Waals surface area (Å²) in [4.78, 5) is 2.54. The molecule has 0 aliphatic carbocycles. The van der Waals surface area contributed by atoms with Crippen molar-refractivity contribution >= 4 is 5.69 Å². The van der Waals surface area contributed by atoms with Gasteiger partial charge in [-0.1, -0.05) is 0 Å². The molecule has 0 saturated carbocycles. The zero-order valence-electron chi connectivity index (χ0n) is 12.1. The van der Waals surface area contributed by atoms with Crippen molar-refractivity contribution in [3.63, 3.8) is 0 Å².